The van der Waals surface area contributed by atoms with Gasteiger partial charge in [0.25, 0.3) is 10.2 Å². The minimum Gasteiger partial charge on any atom is -0.480 e. The third-order valence-electron chi connectivity index (χ3n) is 4.91. The lowest BCUT2D eigenvalue weighted by Crippen LogP contribution is -2.54. The van der Waals surface area contributed by atoms with Crippen molar-refractivity contribution >= 4 is 16.2 Å². The number of carboxylic acid groups (broad SMARTS) is 1. The average Bonchev–Trinajstić information content (AvgIpc) is 3.09. The van der Waals surface area contributed by atoms with E-state index in [0.717, 1.165) is 25.7 Å². The van der Waals surface area contributed by atoms with Gasteiger partial charge in [-0.15, -0.1) is 0 Å². The molecular formula is C15H23N3O4S. The smallest absolute Gasteiger partial charge is 0.322 e. The lowest BCUT2D eigenvalue weighted by Gasteiger charge is -2.38. The highest BCUT2D eigenvalue weighted by molar-refractivity contribution is 7.86. The number of carboxylic acids is 1. The zero-order valence-corrected chi connectivity index (χ0v) is 13.8. The van der Waals surface area contributed by atoms with Gasteiger partial charge in [0.15, 0.2) is 0 Å². The monoisotopic (exact) mass is 341 g/mol. The predicted molar refractivity (Wildman–Crippen MR) is 85.2 cm³/mol. The molecule has 3 rings (SSSR count). The van der Waals surface area contributed by atoms with Crippen LogP contribution in [0.15, 0.2) is 18.5 Å². The van der Waals surface area contributed by atoms with Crippen molar-refractivity contribution in [3.63, 3.8) is 0 Å². The van der Waals surface area contributed by atoms with Gasteiger partial charge in [0.05, 0.1) is 0 Å². The van der Waals surface area contributed by atoms with Crippen LogP contribution in [-0.4, -0.2) is 58.8 Å². The van der Waals surface area contributed by atoms with Crippen LogP contribution in [0.3, 0.4) is 0 Å². The van der Waals surface area contributed by atoms with E-state index in [1.54, 1.807) is 0 Å². The molecule has 2 N–H and O–H groups in total. The van der Waals surface area contributed by atoms with Crippen molar-refractivity contribution in [2.24, 2.45) is 0 Å². The fourth-order valence-electron chi connectivity index (χ4n) is 3.59. The second kappa shape index (κ2) is 6.62. The summed E-state index contributed by atoms with van der Waals surface area (Å²) in [6, 6.07) is 1.11. The van der Waals surface area contributed by atoms with Gasteiger partial charge in [-0.05, 0) is 49.7 Å². The minimum atomic E-state index is -3.69. The summed E-state index contributed by atoms with van der Waals surface area (Å²) in [7, 11) is -3.69. The van der Waals surface area contributed by atoms with Crippen molar-refractivity contribution in [3.8, 4) is 0 Å². The Morgan fingerprint density at radius 1 is 1.17 bits per heavy atom. The molecule has 1 atom stereocenters. The molecule has 128 valence electrons. The van der Waals surface area contributed by atoms with Crippen molar-refractivity contribution in [2.45, 2.75) is 44.1 Å². The lowest BCUT2D eigenvalue weighted by atomic mass is 9.92. The Morgan fingerprint density at radius 3 is 2.52 bits per heavy atom. The van der Waals surface area contributed by atoms with Gasteiger partial charge in [0, 0.05) is 32.0 Å². The Bertz CT molecular complexity index is 636. The summed E-state index contributed by atoms with van der Waals surface area (Å²) < 4.78 is 28.3. The summed E-state index contributed by atoms with van der Waals surface area (Å²) >= 11 is 0. The maximum absolute atomic E-state index is 12.8. The number of aromatic amines is 1. The molecule has 1 aromatic heterocycles. The quantitative estimate of drug-likeness (QED) is 0.865. The van der Waals surface area contributed by atoms with E-state index < -0.39 is 22.2 Å². The molecule has 0 bridgehead atoms. The van der Waals surface area contributed by atoms with Crippen molar-refractivity contribution in [3.05, 3.63) is 24.0 Å². The standard InChI is InChI=1S/C15H23N3O4S/c19-15(20)14-3-1-2-8-18(14)23(21,22)17-9-5-12(6-10-17)13-4-7-16-11-13/h4,7,11-12,14,16H,1-3,5-6,8-10H2,(H,19,20). The molecule has 1 unspecified atom stereocenters. The SMILES string of the molecule is O=C(O)C1CCCCN1S(=O)(=O)N1CCC(c2cc[nH]c2)CC1. The van der Waals surface area contributed by atoms with Gasteiger partial charge in [-0.1, -0.05) is 0 Å². The highest BCUT2D eigenvalue weighted by Crippen LogP contribution is 2.31. The number of aliphatic carboxylic acids is 1. The second-order valence-electron chi connectivity index (χ2n) is 6.29. The number of nitrogens with zero attached hydrogens (tertiary/aromatic N) is 2. The molecule has 0 aliphatic carbocycles. The van der Waals surface area contributed by atoms with Gasteiger partial charge in [-0.3, -0.25) is 4.79 Å². The van der Waals surface area contributed by atoms with Crippen LogP contribution >= 0.6 is 0 Å². The van der Waals surface area contributed by atoms with Gasteiger partial charge in [-0.25, -0.2) is 0 Å². The number of carbonyl (C=O) groups is 1. The second-order valence-corrected chi connectivity index (χ2v) is 8.17. The summed E-state index contributed by atoms with van der Waals surface area (Å²) in [4.78, 5) is 14.4. The third kappa shape index (κ3) is 3.29. The Balaban J connectivity index is 1.69. The minimum absolute atomic E-state index is 0.303. The van der Waals surface area contributed by atoms with Gasteiger partial charge >= 0.3 is 5.97 Å². The lowest BCUT2D eigenvalue weighted by molar-refractivity contribution is -0.142. The molecule has 7 nitrogen and oxygen atoms in total. The number of rotatable bonds is 4. The molecule has 2 fully saturated rings. The molecule has 0 saturated carbocycles. The van der Waals surface area contributed by atoms with Crippen LogP contribution in [-0.2, 0) is 15.0 Å². The zero-order chi connectivity index (χ0) is 16.4. The van der Waals surface area contributed by atoms with Gasteiger partial charge in [0.2, 0.25) is 0 Å². The number of H-pyrrole nitrogens is 1. The summed E-state index contributed by atoms with van der Waals surface area (Å²) in [5.74, 6) is -0.681. The Morgan fingerprint density at radius 2 is 1.91 bits per heavy atom. The maximum Gasteiger partial charge on any atom is 0.322 e. The van der Waals surface area contributed by atoms with Crippen LogP contribution in [0.25, 0.3) is 0 Å². The molecule has 3 heterocycles. The summed E-state index contributed by atoms with van der Waals surface area (Å²) in [5.41, 5.74) is 1.21. The number of nitrogens with one attached hydrogen (secondary N) is 1. The highest BCUT2D eigenvalue weighted by atomic mass is 32.2. The van der Waals surface area contributed by atoms with Gasteiger partial charge in [0.1, 0.15) is 6.04 Å². The first kappa shape index (κ1) is 16.5. The van der Waals surface area contributed by atoms with Crippen LogP contribution in [0.5, 0.6) is 0 Å². The van der Waals surface area contributed by atoms with Crippen molar-refractivity contribution < 1.29 is 18.3 Å². The van der Waals surface area contributed by atoms with E-state index in [1.807, 2.05) is 18.5 Å². The van der Waals surface area contributed by atoms with E-state index in [4.69, 9.17) is 0 Å². The molecule has 8 heteroatoms. The molecule has 0 spiro atoms. The fraction of sp³-hybridized carbons (Fsp3) is 0.667. The summed E-state index contributed by atoms with van der Waals surface area (Å²) in [6.45, 7) is 1.19. The highest BCUT2D eigenvalue weighted by Gasteiger charge is 2.41. The van der Waals surface area contributed by atoms with Crippen LogP contribution < -0.4 is 0 Å². The largest absolute Gasteiger partial charge is 0.480 e. The molecule has 2 saturated heterocycles. The van der Waals surface area contributed by atoms with E-state index in [9.17, 15) is 18.3 Å². The Kier molecular flexibility index (Phi) is 4.74. The van der Waals surface area contributed by atoms with Crippen molar-refractivity contribution in [1.82, 2.24) is 13.6 Å². The van der Waals surface area contributed by atoms with Crippen LogP contribution in [0, 0.1) is 0 Å². The van der Waals surface area contributed by atoms with E-state index in [0.29, 0.717) is 32.0 Å². The zero-order valence-electron chi connectivity index (χ0n) is 13.0. The number of aromatic nitrogens is 1. The molecule has 1 aromatic rings. The van der Waals surface area contributed by atoms with Gasteiger partial charge in [-0.2, -0.15) is 17.0 Å². The molecular weight excluding hydrogens is 318 g/mol. The molecule has 23 heavy (non-hydrogen) atoms. The fourth-order valence-corrected chi connectivity index (χ4v) is 5.43. The number of hydrogen-bond acceptors (Lipinski definition) is 3. The van der Waals surface area contributed by atoms with Crippen LogP contribution in [0.4, 0.5) is 0 Å². The van der Waals surface area contributed by atoms with Crippen LogP contribution in [0.1, 0.15) is 43.6 Å². The predicted octanol–water partition coefficient (Wildman–Crippen LogP) is 1.38. The van der Waals surface area contributed by atoms with E-state index in [1.165, 1.54) is 14.2 Å². The first-order chi connectivity index (χ1) is 11.0. The maximum atomic E-state index is 12.8. The third-order valence-corrected chi connectivity index (χ3v) is 6.96. The number of hydrogen-bond donors (Lipinski definition) is 2. The molecule has 0 radical (unpaired) electrons. The first-order valence-electron chi connectivity index (χ1n) is 8.12. The summed E-state index contributed by atoms with van der Waals surface area (Å²) in [6.07, 6.45) is 7.25. The molecule has 2 aliphatic rings. The molecule has 0 aromatic carbocycles. The van der Waals surface area contributed by atoms with E-state index >= 15 is 0 Å². The van der Waals surface area contributed by atoms with E-state index in [2.05, 4.69) is 4.98 Å². The number of piperidine rings is 2. The van der Waals surface area contributed by atoms with E-state index in [-0.39, 0.29) is 0 Å². The Hall–Kier alpha value is -1.38. The van der Waals surface area contributed by atoms with Crippen LogP contribution in [0.2, 0.25) is 0 Å². The topological polar surface area (TPSA) is 93.7 Å². The Labute approximate surface area is 136 Å². The first-order valence-corrected chi connectivity index (χ1v) is 9.52. The summed E-state index contributed by atoms with van der Waals surface area (Å²) in [5, 5.41) is 9.31. The van der Waals surface area contributed by atoms with Gasteiger partial charge < -0.3 is 10.1 Å². The average molecular weight is 341 g/mol. The molecule has 0 amide bonds. The molecule has 2 aliphatic heterocycles. The van der Waals surface area contributed by atoms with Crippen molar-refractivity contribution in [1.29, 1.82) is 0 Å². The van der Waals surface area contributed by atoms with Crippen molar-refractivity contribution in [2.75, 3.05) is 19.6 Å². The normalized spacial score (nSPS) is 25.5.